The highest BCUT2D eigenvalue weighted by atomic mass is 16.6. The zero-order valence-corrected chi connectivity index (χ0v) is 25.4. The number of aliphatic carboxylic acids is 1. The summed E-state index contributed by atoms with van der Waals surface area (Å²) in [5, 5.41) is 13.2. The van der Waals surface area contributed by atoms with Crippen molar-refractivity contribution in [2.45, 2.75) is 109 Å². The second-order valence-corrected chi connectivity index (χ2v) is 12.2. The lowest BCUT2D eigenvalue weighted by Crippen LogP contribution is -2.55. The number of aryl methyl sites for hydroxylation is 1. The van der Waals surface area contributed by atoms with Crippen LogP contribution in [0.1, 0.15) is 83.7 Å². The predicted molar refractivity (Wildman–Crippen MR) is 159 cm³/mol. The molecule has 0 spiro atoms. The molecule has 11 nitrogen and oxygen atoms in total. The number of ether oxygens (including phenoxy) is 3. The average Bonchev–Trinajstić information content (AvgIpc) is 3.65. The average molecular weight is 597 g/mol. The van der Waals surface area contributed by atoms with E-state index in [0.29, 0.717) is 36.4 Å². The largest absolute Gasteiger partial charge is 0.497 e. The van der Waals surface area contributed by atoms with Crippen LogP contribution < -0.4 is 14.8 Å². The third-order valence-electron chi connectivity index (χ3n) is 9.27. The molecule has 2 amide bonds. The number of amides is 2. The first kappa shape index (κ1) is 30.8. The van der Waals surface area contributed by atoms with Gasteiger partial charge in [0.05, 0.1) is 24.7 Å². The number of nitrogens with one attached hydrogen (secondary N) is 1. The molecule has 1 aromatic heterocycles. The molecule has 1 saturated heterocycles. The van der Waals surface area contributed by atoms with Crippen molar-refractivity contribution < 1.29 is 33.7 Å². The number of hydrogen-bond acceptors (Lipinski definition) is 8. The predicted octanol–water partition coefficient (Wildman–Crippen LogP) is 4.89. The molecule has 2 aromatic rings. The van der Waals surface area contributed by atoms with E-state index in [0.717, 1.165) is 62.6 Å². The number of carboxylic acids is 1. The minimum atomic E-state index is -1.10. The fourth-order valence-corrected chi connectivity index (χ4v) is 6.94. The fourth-order valence-electron chi connectivity index (χ4n) is 6.94. The highest BCUT2D eigenvalue weighted by Crippen LogP contribution is 2.36. The topological polar surface area (TPSA) is 140 Å². The van der Waals surface area contributed by atoms with Gasteiger partial charge < -0.3 is 29.5 Å². The molecule has 2 fully saturated rings. The number of methoxy groups -OCH3 is 1. The van der Waals surface area contributed by atoms with Crippen molar-refractivity contribution in [3.63, 3.8) is 0 Å². The summed E-state index contributed by atoms with van der Waals surface area (Å²) >= 11 is 0. The Kier molecular flexibility index (Phi) is 9.87. The highest BCUT2D eigenvalue weighted by molar-refractivity contribution is 5.90. The Morgan fingerprint density at radius 1 is 1.05 bits per heavy atom. The second-order valence-electron chi connectivity index (χ2n) is 12.2. The summed E-state index contributed by atoms with van der Waals surface area (Å²) in [7, 11) is 1.59. The quantitative estimate of drug-likeness (QED) is 0.505. The lowest BCUT2D eigenvalue weighted by atomic mass is 9.94. The number of alkyl carbamates (subject to hydrolysis) is 1. The standard InChI is InChI=1S/C32H44N4O7/c1-4-22-26-18-36(28(22)31(38)39)30(37)27(20-12-9-10-13-20)35-32(40)42-19(2)11-7-5-6-8-14-24-29(43-26)34-25-17-21(41-3)15-16-23(25)33-24/h15-17,19-20,22,26-28H,4-14,18H2,1-3H3,(H,35,40)(H,38,39)/t19?,22-,26+,27+,28+/m1/s1. The Labute approximate surface area is 252 Å². The molecule has 234 valence electrons. The summed E-state index contributed by atoms with van der Waals surface area (Å²) in [5.41, 5.74) is 2.06. The van der Waals surface area contributed by atoms with Gasteiger partial charge in [-0.2, -0.15) is 0 Å². The monoisotopic (exact) mass is 596 g/mol. The molecular weight excluding hydrogens is 552 g/mol. The van der Waals surface area contributed by atoms with E-state index in [1.807, 2.05) is 26.0 Å². The molecule has 1 saturated carbocycles. The van der Waals surface area contributed by atoms with Crippen LogP contribution in [0, 0.1) is 11.8 Å². The molecule has 5 atom stereocenters. The number of aromatic nitrogens is 2. The van der Waals surface area contributed by atoms with Gasteiger partial charge >= 0.3 is 12.1 Å². The van der Waals surface area contributed by atoms with E-state index in [1.54, 1.807) is 13.2 Å². The summed E-state index contributed by atoms with van der Waals surface area (Å²) in [5.74, 6) is -1.03. The van der Waals surface area contributed by atoms with Gasteiger partial charge in [-0.15, -0.1) is 0 Å². The van der Waals surface area contributed by atoms with Crippen molar-refractivity contribution in [2.24, 2.45) is 11.8 Å². The number of fused-ring (bicyclic) bond motifs is 4. The van der Waals surface area contributed by atoms with E-state index < -0.39 is 42.1 Å². The maximum absolute atomic E-state index is 14.2. The molecule has 1 aliphatic carbocycles. The van der Waals surface area contributed by atoms with E-state index in [-0.39, 0.29) is 18.6 Å². The summed E-state index contributed by atoms with van der Waals surface area (Å²) in [4.78, 5) is 51.0. The lowest BCUT2D eigenvalue weighted by Gasteiger charge is -2.31. The van der Waals surface area contributed by atoms with Crippen LogP contribution in [-0.4, -0.2) is 75.9 Å². The maximum atomic E-state index is 14.2. The van der Waals surface area contributed by atoms with Crippen molar-refractivity contribution in [3.8, 4) is 11.6 Å². The van der Waals surface area contributed by atoms with Crippen LogP contribution in [0.3, 0.4) is 0 Å². The zero-order chi connectivity index (χ0) is 30.5. The number of benzene rings is 1. The summed E-state index contributed by atoms with van der Waals surface area (Å²) in [6, 6.07) is 3.57. The van der Waals surface area contributed by atoms with Crippen LogP contribution in [-0.2, 0) is 20.7 Å². The first-order valence-electron chi connectivity index (χ1n) is 15.8. The van der Waals surface area contributed by atoms with E-state index >= 15 is 0 Å². The van der Waals surface area contributed by atoms with Crippen molar-refractivity contribution >= 4 is 29.0 Å². The van der Waals surface area contributed by atoms with Gasteiger partial charge in [-0.3, -0.25) is 4.79 Å². The first-order valence-corrected chi connectivity index (χ1v) is 15.8. The number of nitrogens with zero attached hydrogens (tertiary/aromatic N) is 3. The van der Waals surface area contributed by atoms with E-state index in [1.165, 1.54) is 4.90 Å². The molecule has 0 radical (unpaired) electrons. The van der Waals surface area contributed by atoms with Gasteiger partial charge in [-0.25, -0.2) is 19.6 Å². The molecule has 5 rings (SSSR count). The Morgan fingerprint density at radius 3 is 2.51 bits per heavy atom. The Morgan fingerprint density at radius 2 is 1.79 bits per heavy atom. The van der Waals surface area contributed by atoms with Crippen LogP contribution in [0.2, 0.25) is 0 Å². The molecule has 3 heterocycles. The third-order valence-corrected chi connectivity index (χ3v) is 9.27. The van der Waals surface area contributed by atoms with Crippen LogP contribution >= 0.6 is 0 Å². The smallest absolute Gasteiger partial charge is 0.408 e. The van der Waals surface area contributed by atoms with Gasteiger partial charge in [0, 0.05) is 12.0 Å². The molecule has 1 aromatic carbocycles. The fraction of sp³-hybridized carbons (Fsp3) is 0.656. The zero-order valence-electron chi connectivity index (χ0n) is 25.4. The van der Waals surface area contributed by atoms with Crippen LogP contribution in [0.4, 0.5) is 4.79 Å². The van der Waals surface area contributed by atoms with E-state index in [4.69, 9.17) is 24.2 Å². The molecule has 1 unspecified atom stereocenters. The van der Waals surface area contributed by atoms with Gasteiger partial charge in [-0.05, 0) is 69.9 Å². The second kappa shape index (κ2) is 13.8. The SMILES string of the molecule is CC[C@@H]1[C@@H]2CN(C(=O)[C@H](C3CCCC3)NC(=O)OC(C)CCCCCCc3nc4ccc(OC)cc4nc3O2)[C@@H]1C(=O)O. The van der Waals surface area contributed by atoms with E-state index in [9.17, 15) is 19.5 Å². The number of cyclic esters (lactones) is 1. The minimum absolute atomic E-state index is 0.0714. The van der Waals surface area contributed by atoms with Crippen molar-refractivity contribution in [1.82, 2.24) is 20.2 Å². The molecule has 3 aliphatic rings. The molecule has 43 heavy (non-hydrogen) atoms. The Hall–Kier alpha value is -3.63. The number of hydrogen-bond donors (Lipinski definition) is 2. The third kappa shape index (κ3) is 6.96. The van der Waals surface area contributed by atoms with Crippen LogP contribution in [0.5, 0.6) is 11.6 Å². The van der Waals surface area contributed by atoms with Crippen LogP contribution in [0.25, 0.3) is 11.0 Å². The van der Waals surface area contributed by atoms with Gasteiger partial charge in [0.15, 0.2) is 0 Å². The van der Waals surface area contributed by atoms with Crippen molar-refractivity contribution in [2.75, 3.05) is 13.7 Å². The van der Waals surface area contributed by atoms with Gasteiger partial charge in [0.2, 0.25) is 11.8 Å². The molecular formula is C32H44N4O7. The number of carbonyl (C=O) groups is 3. The van der Waals surface area contributed by atoms with Gasteiger partial charge in [-0.1, -0.05) is 32.6 Å². The van der Waals surface area contributed by atoms with Gasteiger partial charge in [0.1, 0.15) is 35.7 Å². The maximum Gasteiger partial charge on any atom is 0.408 e. The normalized spacial score (nSPS) is 27.9. The summed E-state index contributed by atoms with van der Waals surface area (Å²) in [6.45, 7) is 3.84. The lowest BCUT2D eigenvalue weighted by molar-refractivity contribution is -0.151. The van der Waals surface area contributed by atoms with Crippen molar-refractivity contribution in [1.29, 1.82) is 0 Å². The van der Waals surface area contributed by atoms with E-state index in [2.05, 4.69) is 5.32 Å². The van der Waals surface area contributed by atoms with Crippen LogP contribution in [0.15, 0.2) is 18.2 Å². The molecule has 2 N–H and O–H groups in total. The number of carbonyl (C=O) groups excluding carboxylic acids is 2. The Balaban J connectivity index is 1.52. The molecule has 2 bridgehead atoms. The Bertz CT molecular complexity index is 1310. The number of rotatable bonds is 4. The number of carboxylic acid groups (broad SMARTS) is 1. The van der Waals surface area contributed by atoms with Crippen molar-refractivity contribution in [3.05, 3.63) is 23.9 Å². The summed E-state index contributed by atoms with van der Waals surface area (Å²) in [6.07, 6.45) is 7.52. The summed E-state index contributed by atoms with van der Waals surface area (Å²) < 4.78 is 17.6. The first-order chi connectivity index (χ1) is 20.8. The highest BCUT2D eigenvalue weighted by Gasteiger charge is 2.51. The molecule has 2 aliphatic heterocycles. The molecule has 11 heteroatoms. The van der Waals surface area contributed by atoms with Gasteiger partial charge in [0.25, 0.3) is 0 Å². The minimum Gasteiger partial charge on any atom is -0.497 e.